The van der Waals surface area contributed by atoms with Crippen LogP contribution >= 0.6 is 0 Å². The molecule has 0 saturated carbocycles. The molecule has 0 radical (unpaired) electrons. The largest absolute Gasteiger partial charge is 0.489 e. The number of hydrogen-bond acceptors (Lipinski definition) is 5. The van der Waals surface area contributed by atoms with Gasteiger partial charge in [0.2, 0.25) is 0 Å². The van der Waals surface area contributed by atoms with Gasteiger partial charge in [0.05, 0.1) is 18.8 Å². The standard InChI is InChI=1S/C17H23NO4/c1-5-21-15(20)10-18-6-7-22-16-13(17(2,3)4)8-12(11-19)9-14(16)18/h8-9,11H,5-7,10H2,1-4H3. The lowest BCUT2D eigenvalue weighted by Crippen LogP contribution is -2.38. The van der Waals surface area contributed by atoms with E-state index < -0.39 is 0 Å². The molecule has 5 heteroatoms. The van der Waals surface area contributed by atoms with Crippen LogP contribution in [0.15, 0.2) is 12.1 Å². The normalized spacial score (nSPS) is 14.1. The second-order valence-electron chi connectivity index (χ2n) is 6.36. The number of hydrogen-bond donors (Lipinski definition) is 0. The molecule has 0 bridgehead atoms. The highest BCUT2D eigenvalue weighted by molar-refractivity contribution is 5.83. The third kappa shape index (κ3) is 3.40. The first-order valence-electron chi connectivity index (χ1n) is 7.54. The fraction of sp³-hybridized carbons (Fsp3) is 0.529. The summed E-state index contributed by atoms with van der Waals surface area (Å²) in [5, 5.41) is 0. The van der Waals surface area contributed by atoms with Crippen LogP contribution in [0.25, 0.3) is 0 Å². The van der Waals surface area contributed by atoms with Gasteiger partial charge in [-0.2, -0.15) is 0 Å². The lowest BCUT2D eigenvalue weighted by atomic mass is 9.84. The van der Waals surface area contributed by atoms with Gasteiger partial charge in [-0.15, -0.1) is 0 Å². The molecule has 1 aliphatic rings. The predicted molar refractivity (Wildman–Crippen MR) is 84.9 cm³/mol. The van der Waals surface area contributed by atoms with Gasteiger partial charge in [0.15, 0.2) is 0 Å². The molecule has 22 heavy (non-hydrogen) atoms. The van der Waals surface area contributed by atoms with Crippen LogP contribution in [0, 0.1) is 0 Å². The zero-order valence-corrected chi connectivity index (χ0v) is 13.6. The first-order valence-corrected chi connectivity index (χ1v) is 7.54. The maximum atomic E-state index is 11.8. The molecule has 0 unspecified atom stereocenters. The van der Waals surface area contributed by atoms with Crippen molar-refractivity contribution in [3.8, 4) is 5.75 Å². The van der Waals surface area contributed by atoms with Gasteiger partial charge in [0.25, 0.3) is 0 Å². The van der Waals surface area contributed by atoms with E-state index in [1.165, 1.54) is 0 Å². The van der Waals surface area contributed by atoms with Crippen LogP contribution in [0.3, 0.4) is 0 Å². The topological polar surface area (TPSA) is 55.8 Å². The third-order valence-electron chi connectivity index (χ3n) is 3.61. The smallest absolute Gasteiger partial charge is 0.325 e. The van der Waals surface area contributed by atoms with E-state index in [0.717, 1.165) is 23.3 Å². The lowest BCUT2D eigenvalue weighted by Gasteiger charge is -2.34. The summed E-state index contributed by atoms with van der Waals surface area (Å²) < 4.78 is 10.9. The van der Waals surface area contributed by atoms with Gasteiger partial charge >= 0.3 is 5.97 Å². The molecule has 0 aliphatic carbocycles. The molecule has 0 aromatic heterocycles. The number of carbonyl (C=O) groups is 2. The molecular weight excluding hydrogens is 282 g/mol. The summed E-state index contributed by atoms with van der Waals surface area (Å²) in [5.74, 6) is 0.484. The van der Waals surface area contributed by atoms with Crippen molar-refractivity contribution in [1.29, 1.82) is 0 Å². The van der Waals surface area contributed by atoms with Crippen molar-refractivity contribution in [2.75, 3.05) is 31.2 Å². The molecule has 1 aromatic rings. The Kier molecular flexibility index (Phi) is 4.74. The number of ether oxygens (including phenoxy) is 2. The van der Waals surface area contributed by atoms with Crippen molar-refractivity contribution < 1.29 is 19.1 Å². The molecule has 5 nitrogen and oxygen atoms in total. The quantitative estimate of drug-likeness (QED) is 0.632. The average Bonchev–Trinajstić information content (AvgIpc) is 2.45. The number of fused-ring (bicyclic) bond motifs is 1. The minimum atomic E-state index is -0.274. The van der Waals surface area contributed by atoms with Crippen molar-refractivity contribution in [2.45, 2.75) is 33.1 Å². The summed E-state index contributed by atoms with van der Waals surface area (Å²) in [7, 11) is 0. The van der Waals surface area contributed by atoms with Gasteiger partial charge in [0.1, 0.15) is 25.2 Å². The van der Waals surface area contributed by atoms with Crippen molar-refractivity contribution in [3.05, 3.63) is 23.3 Å². The van der Waals surface area contributed by atoms with Crippen LogP contribution in [0.5, 0.6) is 5.75 Å². The Hall–Kier alpha value is -2.04. The molecular formula is C17H23NO4. The van der Waals surface area contributed by atoms with E-state index in [9.17, 15) is 9.59 Å². The number of esters is 1. The Morgan fingerprint density at radius 2 is 2.14 bits per heavy atom. The Morgan fingerprint density at radius 3 is 2.73 bits per heavy atom. The van der Waals surface area contributed by atoms with Crippen molar-refractivity contribution in [2.24, 2.45) is 0 Å². The summed E-state index contributed by atoms with van der Waals surface area (Å²) in [6.45, 7) is 9.63. The third-order valence-corrected chi connectivity index (χ3v) is 3.61. The van der Waals surface area contributed by atoms with E-state index in [2.05, 4.69) is 20.8 Å². The molecule has 0 atom stereocenters. The zero-order chi connectivity index (χ0) is 16.3. The molecule has 0 spiro atoms. The monoisotopic (exact) mass is 305 g/mol. The fourth-order valence-corrected chi connectivity index (χ4v) is 2.55. The van der Waals surface area contributed by atoms with E-state index in [1.54, 1.807) is 13.0 Å². The van der Waals surface area contributed by atoms with E-state index >= 15 is 0 Å². The van der Waals surface area contributed by atoms with Crippen molar-refractivity contribution in [3.63, 3.8) is 0 Å². The number of rotatable bonds is 4. The number of nitrogens with zero attached hydrogens (tertiary/aromatic N) is 1. The van der Waals surface area contributed by atoms with Crippen LogP contribution in [-0.2, 0) is 14.9 Å². The number of benzene rings is 1. The van der Waals surface area contributed by atoms with E-state index in [0.29, 0.717) is 25.3 Å². The lowest BCUT2D eigenvalue weighted by molar-refractivity contribution is -0.141. The number of anilines is 1. The van der Waals surface area contributed by atoms with Gasteiger partial charge in [-0.3, -0.25) is 9.59 Å². The molecule has 1 aromatic carbocycles. The molecule has 2 rings (SSSR count). The Morgan fingerprint density at radius 1 is 1.41 bits per heavy atom. The Labute approximate surface area is 131 Å². The van der Waals surface area contributed by atoms with Crippen LogP contribution in [0.2, 0.25) is 0 Å². The minimum absolute atomic E-state index is 0.157. The molecule has 120 valence electrons. The predicted octanol–water partition coefficient (Wildman–Crippen LogP) is 2.56. The number of aldehydes is 1. The van der Waals surface area contributed by atoms with Gasteiger partial charge < -0.3 is 14.4 Å². The zero-order valence-electron chi connectivity index (χ0n) is 13.6. The minimum Gasteiger partial charge on any atom is -0.489 e. The van der Waals surface area contributed by atoms with E-state index in [-0.39, 0.29) is 17.9 Å². The molecule has 0 saturated heterocycles. The second-order valence-corrected chi connectivity index (χ2v) is 6.36. The maximum absolute atomic E-state index is 11.8. The first kappa shape index (κ1) is 16.3. The fourth-order valence-electron chi connectivity index (χ4n) is 2.55. The van der Waals surface area contributed by atoms with E-state index in [4.69, 9.17) is 9.47 Å². The second kappa shape index (κ2) is 6.38. The molecule has 0 fully saturated rings. The molecule has 1 heterocycles. The summed E-state index contributed by atoms with van der Waals surface area (Å²) in [4.78, 5) is 25.0. The first-order chi connectivity index (χ1) is 10.4. The highest BCUT2D eigenvalue weighted by atomic mass is 16.5. The molecule has 1 aliphatic heterocycles. The van der Waals surface area contributed by atoms with Crippen LogP contribution in [0.1, 0.15) is 43.6 Å². The Balaban J connectivity index is 2.45. The average molecular weight is 305 g/mol. The van der Waals surface area contributed by atoms with Gasteiger partial charge in [-0.1, -0.05) is 20.8 Å². The number of carbonyl (C=O) groups excluding carboxylic acids is 2. The van der Waals surface area contributed by atoms with Crippen LogP contribution in [0.4, 0.5) is 5.69 Å². The Bertz CT molecular complexity index is 575. The summed E-state index contributed by atoms with van der Waals surface area (Å²) in [6.07, 6.45) is 0.826. The van der Waals surface area contributed by atoms with E-state index in [1.807, 2.05) is 11.0 Å². The van der Waals surface area contributed by atoms with Crippen LogP contribution in [-0.4, -0.2) is 38.6 Å². The highest BCUT2D eigenvalue weighted by Gasteiger charge is 2.28. The summed E-state index contributed by atoms with van der Waals surface area (Å²) >= 11 is 0. The summed E-state index contributed by atoms with van der Waals surface area (Å²) in [5.41, 5.74) is 2.19. The highest BCUT2D eigenvalue weighted by Crippen LogP contribution is 2.41. The van der Waals surface area contributed by atoms with Crippen LogP contribution < -0.4 is 9.64 Å². The van der Waals surface area contributed by atoms with Gasteiger partial charge in [-0.05, 0) is 24.5 Å². The molecule has 0 N–H and O–H groups in total. The molecule has 0 amide bonds. The maximum Gasteiger partial charge on any atom is 0.325 e. The van der Waals surface area contributed by atoms with Gasteiger partial charge in [0, 0.05) is 11.1 Å². The van der Waals surface area contributed by atoms with Crippen molar-refractivity contribution in [1.82, 2.24) is 0 Å². The van der Waals surface area contributed by atoms with Gasteiger partial charge in [-0.25, -0.2) is 0 Å². The summed E-state index contributed by atoms with van der Waals surface area (Å²) in [6, 6.07) is 3.63. The van der Waals surface area contributed by atoms with Crippen molar-refractivity contribution >= 4 is 17.9 Å². The SMILES string of the molecule is CCOC(=O)CN1CCOc2c1cc(C=O)cc2C(C)(C)C.